The van der Waals surface area contributed by atoms with Crippen LogP contribution < -0.4 is 0 Å². The molecule has 0 N–H and O–H groups in total. The maximum Gasteiger partial charge on any atom is 0.0924 e. The molecule has 3 aliphatic rings. The number of fused-ring (bicyclic) bond motifs is 1. The van der Waals surface area contributed by atoms with E-state index < -0.39 is 0 Å². The Bertz CT molecular complexity index is 326. The standard InChI is InChI=1S/C15H24O/c1-11-6-4-7-12-8-5-9-13(15(11,12)3)14(2)10-16-14/h7,11,13H,4-6,8-10H2,1-3H3/t11-,13+,14?,15+/m0/s1. The first-order chi connectivity index (χ1) is 7.57. The average Bonchev–Trinajstić information content (AvgIpc) is 2.99. The van der Waals surface area contributed by atoms with Crippen LogP contribution in [0.15, 0.2) is 11.6 Å². The molecule has 1 saturated heterocycles. The maximum absolute atomic E-state index is 5.77. The number of allylic oxidation sites excluding steroid dienone is 2. The van der Waals surface area contributed by atoms with Gasteiger partial charge in [0.2, 0.25) is 0 Å². The van der Waals surface area contributed by atoms with Crippen molar-refractivity contribution in [1.82, 2.24) is 0 Å². The number of ether oxygens (including phenoxy) is 1. The highest BCUT2D eigenvalue weighted by Gasteiger charge is 2.58. The predicted molar refractivity (Wildman–Crippen MR) is 66.3 cm³/mol. The molecular weight excluding hydrogens is 196 g/mol. The molecule has 1 heterocycles. The Kier molecular flexibility index (Phi) is 2.27. The van der Waals surface area contributed by atoms with Gasteiger partial charge in [-0.2, -0.15) is 0 Å². The molecule has 0 aromatic rings. The largest absolute Gasteiger partial charge is 0.370 e. The molecule has 0 aromatic heterocycles. The van der Waals surface area contributed by atoms with E-state index in [1.807, 2.05) is 0 Å². The van der Waals surface area contributed by atoms with Crippen molar-refractivity contribution in [3.63, 3.8) is 0 Å². The van der Waals surface area contributed by atoms with Gasteiger partial charge in [0.15, 0.2) is 0 Å². The van der Waals surface area contributed by atoms with E-state index in [2.05, 4.69) is 26.8 Å². The zero-order chi connectivity index (χ0) is 11.4. The van der Waals surface area contributed by atoms with Gasteiger partial charge in [0.25, 0.3) is 0 Å². The molecule has 0 aromatic carbocycles. The van der Waals surface area contributed by atoms with Gasteiger partial charge in [-0.1, -0.05) is 25.5 Å². The summed E-state index contributed by atoms with van der Waals surface area (Å²) < 4.78 is 5.77. The lowest BCUT2D eigenvalue weighted by Gasteiger charge is -2.51. The van der Waals surface area contributed by atoms with E-state index in [-0.39, 0.29) is 5.60 Å². The maximum atomic E-state index is 5.77. The van der Waals surface area contributed by atoms with Gasteiger partial charge in [-0.05, 0) is 56.3 Å². The van der Waals surface area contributed by atoms with Crippen molar-refractivity contribution in [2.24, 2.45) is 17.3 Å². The normalized spacial score (nSPS) is 51.8. The van der Waals surface area contributed by atoms with E-state index in [1.165, 1.54) is 32.1 Å². The predicted octanol–water partition coefficient (Wildman–Crippen LogP) is 3.94. The molecule has 16 heavy (non-hydrogen) atoms. The van der Waals surface area contributed by atoms with E-state index in [1.54, 1.807) is 5.57 Å². The number of rotatable bonds is 1. The fourth-order valence-corrected chi connectivity index (χ4v) is 4.33. The Labute approximate surface area is 99.3 Å². The topological polar surface area (TPSA) is 12.5 Å². The molecule has 0 spiro atoms. The molecule has 0 amide bonds. The lowest BCUT2D eigenvalue weighted by molar-refractivity contribution is 0.0376. The van der Waals surface area contributed by atoms with Crippen LogP contribution in [0.2, 0.25) is 0 Å². The van der Waals surface area contributed by atoms with Crippen molar-refractivity contribution in [1.29, 1.82) is 0 Å². The summed E-state index contributed by atoms with van der Waals surface area (Å²) in [7, 11) is 0. The molecule has 1 aliphatic heterocycles. The summed E-state index contributed by atoms with van der Waals surface area (Å²) in [5.74, 6) is 1.59. The highest BCUT2D eigenvalue weighted by atomic mass is 16.6. The minimum absolute atomic E-state index is 0.208. The Morgan fingerprint density at radius 3 is 2.75 bits per heavy atom. The van der Waals surface area contributed by atoms with Crippen molar-refractivity contribution in [2.45, 2.75) is 58.5 Å². The Morgan fingerprint density at radius 2 is 2.06 bits per heavy atom. The fourth-order valence-electron chi connectivity index (χ4n) is 4.33. The molecule has 4 atom stereocenters. The van der Waals surface area contributed by atoms with Gasteiger partial charge in [-0.25, -0.2) is 0 Å². The van der Waals surface area contributed by atoms with Crippen LogP contribution in [0.1, 0.15) is 52.9 Å². The van der Waals surface area contributed by atoms with Crippen LogP contribution in [0, 0.1) is 17.3 Å². The van der Waals surface area contributed by atoms with E-state index >= 15 is 0 Å². The second kappa shape index (κ2) is 3.35. The summed E-state index contributed by atoms with van der Waals surface area (Å²) in [6.45, 7) is 8.29. The zero-order valence-electron chi connectivity index (χ0n) is 10.9. The lowest BCUT2D eigenvalue weighted by Crippen LogP contribution is -2.46. The van der Waals surface area contributed by atoms with Gasteiger partial charge >= 0.3 is 0 Å². The Morgan fingerprint density at radius 1 is 1.31 bits per heavy atom. The minimum atomic E-state index is 0.208. The summed E-state index contributed by atoms with van der Waals surface area (Å²) in [4.78, 5) is 0. The number of hydrogen-bond acceptors (Lipinski definition) is 1. The van der Waals surface area contributed by atoms with Crippen LogP contribution in [0.4, 0.5) is 0 Å². The first kappa shape index (κ1) is 10.8. The number of hydrogen-bond donors (Lipinski definition) is 0. The molecule has 0 radical (unpaired) electrons. The monoisotopic (exact) mass is 220 g/mol. The quantitative estimate of drug-likeness (QED) is 0.481. The van der Waals surface area contributed by atoms with Gasteiger partial charge in [0.1, 0.15) is 0 Å². The van der Waals surface area contributed by atoms with Crippen molar-refractivity contribution >= 4 is 0 Å². The lowest BCUT2D eigenvalue weighted by atomic mass is 9.53. The van der Waals surface area contributed by atoms with Gasteiger partial charge in [-0.15, -0.1) is 0 Å². The van der Waals surface area contributed by atoms with Crippen LogP contribution in [0.5, 0.6) is 0 Å². The van der Waals surface area contributed by atoms with E-state index in [0.29, 0.717) is 5.41 Å². The molecule has 2 aliphatic carbocycles. The number of epoxide rings is 1. The zero-order valence-corrected chi connectivity index (χ0v) is 10.9. The highest BCUT2D eigenvalue weighted by Crippen LogP contribution is 2.59. The van der Waals surface area contributed by atoms with Crippen LogP contribution in [-0.2, 0) is 4.74 Å². The SMILES string of the molecule is C[C@H]1CCC=C2CCC[C@H](C3(C)CO3)[C@@]21C. The molecule has 1 heteroatoms. The van der Waals surface area contributed by atoms with Crippen LogP contribution in [0.3, 0.4) is 0 Å². The second-order valence-electron chi connectivity index (χ2n) is 6.54. The van der Waals surface area contributed by atoms with Crippen molar-refractivity contribution < 1.29 is 4.74 Å². The first-order valence-electron chi connectivity index (χ1n) is 6.91. The van der Waals surface area contributed by atoms with Crippen LogP contribution in [-0.4, -0.2) is 12.2 Å². The second-order valence-corrected chi connectivity index (χ2v) is 6.54. The molecule has 3 rings (SSSR count). The summed E-state index contributed by atoms with van der Waals surface area (Å²) in [5.41, 5.74) is 2.39. The van der Waals surface area contributed by atoms with Gasteiger partial charge in [-0.3, -0.25) is 0 Å². The van der Waals surface area contributed by atoms with Crippen molar-refractivity contribution in [3.8, 4) is 0 Å². The molecule has 1 unspecified atom stereocenters. The highest BCUT2D eigenvalue weighted by molar-refractivity contribution is 5.25. The average molecular weight is 220 g/mol. The summed E-state index contributed by atoms with van der Waals surface area (Å²) in [5, 5.41) is 0. The van der Waals surface area contributed by atoms with E-state index in [9.17, 15) is 0 Å². The van der Waals surface area contributed by atoms with Crippen molar-refractivity contribution in [3.05, 3.63) is 11.6 Å². The van der Waals surface area contributed by atoms with Crippen LogP contribution >= 0.6 is 0 Å². The van der Waals surface area contributed by atoms with E-state index in [4.69, 9.17) is 4.74 Å². The van der Waals surface area contributed by atoms with Gasteiger partial charge < -0.3 is 4.74 Å². The Hall–Kier alpha value is -0.300. The summed E-state index contributed by atoms with van der Waals surface area (Å²) in [6, 6.07) is 0. The van der Waals surface area contributed by atoms with Crippen LogP contribution in [0.25, 0.3) is 0 Å². The van der Waals surface area contributed by atoms with Gasteiger partial charge in [0, 0.05) is 0 Å². The minimum Gasteiger partial charge on any atom is -0.370 e. The summed E-state index contributed by atoms with van der Waals surface area (Å²) >= 11 is 0. The van der Waals surface area contributed by atoms with Crippen molar-refractivity contribution in [2.75, 3.05) is 6.61 Å². The molecule has 0 bridgehead atoms. The smallest absolute Gasteiger partial charge is 0.0924 e. The van der Waals surface area contributed by atoms with E-state index in [0.717, 1.165) is 18.4 Å². The molecule has 1 saturated carbocycles. The third-order valence-corrected chi connectivity index (χ3v) is 5.71. The fraction of sp³-hybridized carbons (Fsp3) is 0.867. The summed E-state index contributed by atoms with van der Waals surface area (Å²) in [6.07, 6.45) is 9.29. The molecule has 90 valence electrons. The molecule has 1 nitrogen and oxygen atoms in total. The Balaban J connectivity index is 1.99. The third kappa shape index (κ3) is 1.33. The molecular formula is C15H24O. The third-order valence-electron chi connectivity index (χ3n) is 5.71. The van der Waals surface area contributed by atoms with Gasteiger partial charge in [0.05, 0.1) is 12.2 Å². The first-order valence-corrected chi connectivity index (χ1v) is 6.91. The molecule has 2 fully saturated rings.